The summed E-state index contributed by atoms with van der Waals surface area (Å²) < 4.78 is 21.1. The number of imidazole rings is 1. The quantitative estimate of drug-likeness (QED) is 0.850. The first-order valence-electron chi connectivity index (χ1n) is 8.21. The first kappa shape index (κ1) is 16.4. The van der Waals surface area contributed by atoms with Crippen molar-refractivity contribution in [2.75, 3.05) is 6.61 Å². The third-order valence-corrected chi connectivity index (χ3v) is 6.00. The van der Waals surface area contributed by atoms with Gasteiger partial charge in [0.25, 0.3) is 0 Å². The molecule has 1 N–H and O–H groups in total. The van der Waals surface area contributed by atoms with E-state index in [1.54, 1.807) is 10.6 Å². The number of rotatable bonds is 4. The van der Waals surface area contributed by atoms with Gasteiger partial charge in [-0.15, -0.1) is 11.6 Å². The molecule has 2 atom stereocenters. The van der Waals surface area contributed by atoms with E-state index in [9.17, 15) is 14.8 Å². The van der Waals surface area contributed by atoms with Crippen LogP contribution in [0, 0.1) is 17.1 Å². The van der Waals surface area contributed by atoms with Crippen molar-refractivity contribution in [3.63, 3.8) is 0 Å². The van der Waals surface area contributed by atoms with Crippen LogP contribution in [0.1, 0.15) is 36.4 Å². The molecule has 0 saturated heterocycles. The Balaban J connectivity index is 1.79. The van der Waals surface area contributed by atoms with Crippen LogP contribution in [0.2, 0.25) is 0 Å². The van der Waals surface area contributed by atoms with Crippen LogP contribution in [0.4, 0.5) is 4.39 Å². The number of ether oxygens (including phenoxy) is 1. The molecule has 2 aromatic rings. The molecule has 1 aliphatic carbocycles. The fraction of sp³-hybridized carbons (Fsp3) is 0.444. The van der Waals surface area contributed by atoms with Gasteiger partial charge in [-0.05, 0) is 37.5 Å². The zero-order chi connectivity index (χ0) is 17.7. The van der Waals surface area contributed by atoms with E-state index >= 15 is 0 Å². The molecule has 130 valence electrons. The van der Waals surface area contributed by atoms with Crippen molar-refractivity contribution in [1.82, 2.24) is 9.55 Å². The fourth-order valence-electron chi connectivity index (χ4n) is 3.77. The average Bonchev–Trinajstić information content (AvgIpc) is 3.21. The Bertz CT molecular complexity index is 858. The highest BCUT2D eigenvalue weighted by atomic mass is 35.5. The Hall–Kier alpha value is -2.10. The maximum atomic E-state index is 13.8. The third-order valence-electron chi connectivity index (χ3n) is 5.29. The summed E-state index contributed by atoms with van der Waals surface area (Å²) in [5, 5.41) is 20.9. The van der Waals surface area contributed by atoms with E-state index in [4.69, 9.17) is 16.3 Å². The molecule has 5 nitrogen and oxygen atoms in total. The molecule has 25 heavy (non-hydrogen) atoms. The predicted molar refractivity (Wildman–Crippen MR) is 89.0 cm³/mol. The van der Waals surface area contributed by atoms with Crippen molar-refractivity contribution < 1.29 is 14.2 Å². The molecule has 0 bridgehead atoms. The minimum Gasteiger partial charge on any atom is -0.493 e. The molecule has 2 heterocycles. The average molecular weight is 362 g/mol. The van der Waals surface area contributed by atoms with Gasteiger partial charge in [-0.1, -0.05) is 0 Å². The van der Waals surface area contributed by atoms with E-state index in [0.717, 1.165) is 0 Å². The molecular formula is C18H17ClFN3O2. The summed E-state index contributed by atoms with van der Waals surface area (Å²) in [5.41, 5.74) is -0.363. The Labute approximate surface area is 149 Å². The van der Waals surface area contributed by atoms with Crippen molar-refractivity contribution in [3.8, 4) is 11.8 Å². The number of aliphatic hydroxyl groups is 1. The van der Waals surface area contributed by atoms with Crippen LogP contribution in [0.25, 0.3) is 0 Å². The van der Waals surface area contributed by atoms with Gasteiger partial charge < -0.3 is 14.4 Å². The molecule has 1 aromatic carbocycles. The molecule has 7 heteroatoms. The van der Waals surface area contributed by atoms with Crippen LogP contribution in [-0.4, -0.2) is 31.7 Å². The smallest absolute Gasteiger partial charge is 0.139 e. The van der Waals surface area contributed by atoms with Crippen LogP contribution in [0.5, 0.6) is 5.75 Å². The molecule has 1 saturated carbocycles. The summed E-state index contributed by atoms with van der Waals surface area (Å²) in [5.74, 6) is -0.194. The number of alkyl halides is 1. The Morgan fingerprint density at radius 3 is 3.04 bits per heavy atom. The number of nitrogens with zero attached hydrogens (tertiary/aromatic N) is 3. The molecule has 0 radical (unpaired) electrons. The number of halogens is 2. The lowest BCUT2D eigenvalue weighted by Gasteiger charge is -2.43. The monoisotopic (exact) mass is 361 g/mol. The molecule has 0 amide bonds. The first-order valence-corrected chi connectivity index (χ1v) is 8.58. The molecule has 1 aromatic heterocycles. The molecule has 4 rings (SSSR count). The minimum atomic E-state index is -1.34. The second-order valence-corrected chi connectivity index (χ2v) is 7.50. The lowest BCUT2D eigenvalue weighted by molar-refractivity contribution is -0.0271. The molecule has 2 unspecified atom stereocenters. The van der Waals surface area contributed by atoms with E-state index in [2.05, 4.69) is 11.1 Å². The predicted octanol–water partition coefficient (Wildman–Crippen LogP) is 2.96. The highest BCUT2D eigenvalue weighted by molar-refractivity contribution is 6.26. The van der Waals surface area contributed by atoms with Crippen LogP contribution in [0.15, 0.2) is 30.7 Å². The van der Waals surface area contributed by atoms with E-state index in [-0.39, 0.29) is 18.3 Å². The minimum absolute atomic E-state index is 0.125. The lowest BCUT2D eigenvalue weighted by atomic mass is 9.75. The number of fused-ring (bicyclic) bond motifs is 1. The standard InChI is InChI=1S/C18H17ClFN3O2/c19-17(4-5-17)18(24,10-23-11-22-9-13(23)8-21)15-3-6-25-16-2-1-12(20)7-14(15)16/h1-2,7,9,11,15,24H,3-6,10H2. The Morgan fingerprint density at radius 1 is 1.52 bits per heavy atom. The maximum Gasteiger partial charge on any atom is 0.139 e. The van der Waals surface area contributed by atoms with Gasteiger partial charge >= 0.3 is 0 Å². The first-order chi connectivity index (χ1) is 12.0. The SMILES string of the molecule is N#Cc1cncn1CC(O)(C1CCOc2ccc(F)cc21)C1(Cl)CC1. The third kappa shape index (κ3) is 2.59. The zero-order valence-corrected chi connectivity index (χ0v) is 14.2. The number of aromatic nitrogens is 2. The van der Waals surface area contributed by atoms with Gasteiger partial charge in [0.05, 0.1) is 30.5 Å². The van der Waals surface area contributed by atoms with Crippen LogP contribution in [0.3, 0.4) is 0 Å². The summed E-state index contributed by atoms with van der Waals surface area (Å²) >= 11 is 6.70. The summed E-state index contributed by atoms with van der Waals surface area (Å²) in [4.78, 5) is 3.19. The van der Waals surface area contributed by atoms with Gasteiger partial charge in [0.2, 0.25) is 0 Å². The largest absolute Gasteiger partial charge is 0.493 e. The number of hydrogen-bond donors (Lipinski definition) is 1. The van der Waals surface area contributed by atoms with E-state index in [1.165, 1.54) is 24.7 Å². The maximum absolute atomic E-state index is 13.8. The molecule has 1 aliphatic heterocycles. The topological polar surface area (TPSA) is 71.1 Å². The van der Waals surface area contributed by atoms with Crippen LogP contribution >= 0.6 is 11.6 Å². The van der Waals surface area contributed by atoms with Gasteiger partial charge in [0.15, 0.2) is 0 Å². The molecular weight excluding hydrogens is 345 g/mol. The van der Waals surface area contributed by atoms with Crippen molar-refractivity contribution in [1.29, 1.82) is 5.26 Å². The summed E-state index contributed by atoms with van der Waals surface area (Å²) in [6.45, 7) is 0.549. The number of hydrogen-bond acceptors (Lipinski definition) is 4. The number of benzene rings is 1. The van der Waals surface area contributed by atoms with Crippen molar-refractivity contribution in [2.45, 2.75) is 42.2 Å². The van der Waals surface area contributed by atoms with Gasteiger partial charge in [-0.2, -0.15) is 5.26 Å². The Kier molecular flexibility index (Phi) is 3.75. The van der Waals surface area contributed by atoms with Gasteiger partial charge in [-0.3, -0.25) is 0 Å². The molecule has 0 spiro atoms. The highest BCUT2D eigenvalue weighted by Crippen LogP contribution is 2.58. The van der Waals surface area contributed by atoms with Crippen molar-refractivity contribution in [3.05, 3.63) is 47.8 Å². The van der Waals surface area contributed by atoms with Gasteiger partial charge in [0, 0.05) is 11.5 Å². The second kappa shape index (κ2) is 5.72. The fourth-order valence-corrected chi connectivity index (χ4v) is 4.05. The lowest BCUT2D eigenvalue weighted by Crippen LogP contribution is -2.51. The van der Waals surface area contributed by atoms with Crippen LogP contribution < -0.4 is 4.74 Å². The Morgan fingerprint density at radius 2 is 2.32 bits per heavy atom. The van der Waals surface area contributed by atoms with Crippen molar-refractivity contribution in [2.24, 2.45) is 0 Å². The van der Waals surface area contributed by atoms with E-state index < -0.39 is 10.5 Å². The van der Waals surface area contributed by atoms with E-state index in [0.29, 0.717) is 42.9 Å². The van der Waals surface area contributed by atoms with Crippen LogP contribution in [-0.2, 0) is 6.54 Å². The van der Waals surface area contributed by atoms with Crippen molar-refractivity contribution >= 4 is 11.6 Å². The molecule has 2 aliphatic rings. The summed E-state index contributed by atoms with van der Waals surface area (Å²) in [6, 6.07) is 6.40. The van der Waals surface area contributed by atoms with E-state index in [1.807, 2.05) is 0 Å². The number of nitriles is 1. The van der Waals surface area contributed by atoms with Gasteiger partial charge in [-0.25, -0.2) is 9.37 Å². The molecule has 1 fully saturated rings. The highest BCUT2D eigenvalue weighted by Gasteiger charge is 2.62. The summed E-state index contributed by atoms with van der Waals surface area (Å²) in [7, 11) is 0. The second-order valence-electron chi connectivity index (χ2n) is 6.78. The van der Waals surface area contributed by atoms with Gasteiger partial charge in [0.1, 0.15) is 28.9 Å². The summed E-state index contributed by atoms with van der Waals surface area (Å²) in [6.07, 6.45) is 4.83. The normalized spacial score (nSPS) is 23.0. The zero-order valence-electron chi connectivity index (χ0n) is 13.5.